The van der Waals surface area contributed by atoms with Crippen molar-refractivity contribution in [3.05, 3.63) is 85.0 Å². The fourth-order valence-electron chi connectivity index (χ4n) is 2.30. The van der Waals surface area contributed by atoms with E-state index in [2.05, 4.69) is 13.2 Å². The van der Waals surface area contributed by atoms with Crippen LogP contribution in [0.3, 0.4) is 0 Å². The highest BCUT2D eigenvalue weighted by atomic mass is 32.2. The van der Waals surface area contributed by atoms with Gasteiger partial charge in [-0.2, -0.15) is 0 Å². The van der Waals surface area contributed by atoms with Crippen LogP contribution in [-0.4, -0.2) is 8.42 Å². The van der Waals surface area contributed by atoms with Crippen LogP contribution < -0.4 is 0 Å². The highest BCUT2D eigenvalue weighted by Gasteiger charge is 2.22. The maximum Gasteiger partial charge on any atom is 0.207 e. The molecule has 0 aliphatic carbocycles. The molecule has 0 radical (unpaired) electrons. The van der Waals surface area contributed by atoms with Gasteiger partial charge in [-0.05, 0) is 36.1 Å². The zero-order chi connectivity index (χ0) is 15.3. The number of hydrogen-bond donors (Lipinski definition) is 0. The molecule has 0 spiro atoms. The first-order valence-electron chi connectivity index (χ1n) is 6.74. The Morgan fingerprint density at radius 1 is 0.762 bits per heavy atom. The van der Waals surface area contributed by atoms with Gasteiger partial charge in [0.05, 0.1) is 9.79 Å². The van der Waals surface area contributed by atoms with Crippen LogP contribution in [0, 0.1) is 0 Å². The van der Waals surface area contributed by atoms with Gasteiger partial charge < -0.3 is 0 Å². The van der Waals surface area contributed by atoms with E-state index in [-0.39, 0.29) is 0 Å². The van der Waals surface area contributed by atoms with Gasteiger partial charge in [0.25, 0.3) is 0 Å². The molecule has 0 amide bonds. The predicted octanol–water partition coefficient (Wildman–Crippen LogP) is 3.98. The van der Waals surface area contributed by atoms with Crippen molar-refractivity contribution in [1.82, 2.24) is 0 Å². The van der Waals surface area contributed by atoms with Crippen molar-refractivity contribution in [2.24, 2.45) is 0 Å². The maximum atomic E-state index is 13.0. The molecule has 0 aliphatic rings. The Kier molecular flexibility index (Phi) is 4.76. The lowest BCUT2D eigenvalue weighted by atomic mass is 10.1. The van der Waals surface area contributed by atoms with Crippen LogP contribution >= 0.6 is 0 Å². The van der Waals surface area contributed by atoms with Crippen LogP contribution in [-0.2, 0) is 22.7 Å². The normalized spacial score (nSPS) is 11.0. The fraction of sp³-hybridized carbons (Fsp3) is 0.111. The standard InChI is InChI=1S/C18H18O2S/c1-3-9-15-11-5-7-13-17(15)21(19,20)18-14-8-6-12-16(18)10-4-2/h3-8,11-14H,1-2,9-10H2. The van der Waals surface area contributed by atoms with E-state index in [0.29, 0.717) is 22.6 Å². The van der Waals surface area contributed by atoms with E-state index in [1.54, 1.807) is 36.4 Å². The second-order valence-electron chi connectivity index (χ2n) is 4.70. The summed E-state index contributed by atoms with van der Waals surface area (Å²) in [6.45, 7) is 7.38. The van der Waals surface area contributed by atoms with Gasteiger partial charge in [0.2, 0.25) is 9.84 Å². The van der Waals surface area contributed by atoms with Gasteiger partial charge >= 0.3 is 0 Å². The molecule has 2 nitrogen and oxygen atoms in total. The Labute approximate surface area is 126 Å². The first-order valence-corrected chi connectivity index (χ1v) is 8.22. The predicted molar refractivity (Wildman–Crippen MR) is 86.1 cm³/mol. The molecule has 3 heteroatoms. The van der Waals surface area contributed by atoms with Crippen molar-refractivity contribution >= 4 is 9.84 Å². The number of benzene rings is 2. The molecule has 0 aromatic heterocycles. The van der Waals surface area contributed by atoms with E-state index in [9.17, 15) is 8.42 Å². The molecular weight excluding hydrogens is 280 g/mol. The van der Waals surface area contributed by atoms with Gasteiger partial charge in [0, 0.05) is 0 Å². The zero-order valence-electron chi connectivity index (χ0n) is 11.8. The molecule has 2 aromatic carbocycles. The van der Waals surface area contributed by atoms with Crippen LogP contribution in [0.2, 0.25) is 0 Å². The van der Waals surface area contributed by atoms with Crippen LogP contribution in [0.15, 0.2) is 83.6 Å². The fourth-order valence-corrected chi connectivity index (χ4v) is 4.04. The lowest BCUT2D eigenvalue weighted by Crippen LogP contribution is -2.08. The van der Waals surface area contributed by atoms with Gasteiger partial charge in [-0.1, -0.05) is 48.6 Å². The quantitative estimate of drug-likeness (QED) is 0.756. The first kappa shape index (κ1) is 15.3. The largest absolute Gasteiger partial charge is 0.218 e. The molecule has 0 saturated carbocycles. The average Bonchev–Trinajstić information content (AvgIpc) is 2.49. The minimum absolute atomic E-state index is 0.349. The summed E-state index contributed by atoms with van der Waals surface area (Å²) in [5.74, 6) is 0. The number of hydrogen-bond acceptors (Lipinski definition) is 2. The molecule has 0 fully saturated rings. The third-order valence-electron chi connectivity index (χ3n) is 3.25. The van der Waals surface area contributed by atoms with E-state index in [1.165, 1.54) is 0 Å². The van der Waals surface area contributed by atoms with Crippen molar-refractivity contribution in [3.8, 4) is 0 Å². The Hall–Kier alpha value is -2.13. The van der Waals surface area contributed by atoms with E-state index in [0.717, 1.165) is 11.1 Å². The molecule has 0 N–H and O–H groups in total. The Bertz CT molecular complexity index is 699. The first-order chi connectivity index (χ1) is 10.1. The molecule has 0 aliphatic heterocycles. The molecule has 2 aromatic rings. The van der Waals surface area contributed by atoms with Crippen molar-refractivity contribution in [2.45, 2.75) is 22.6 Å². The van der Waals surface area contributed by atoms with Crippen molar-refractivity contribution in [1.29, 1.82) is 0 Å². The molecule has 0 unspecified atom stereocenters. The van der Waals surface area contributed by atoms with E-state index < -0.39 is 9.84 Å². The lowest BCUT2D eigenvalue weighted by Gasteiger charge is -2.12. The SMILES string of the molecule is C=CCc1ccccc1S(=O)(=O)c1ccccc1CC=C. The lowest BCUT2D eigenvalue weighted by molar-refractivity contribution is 0.594. The molecule has 2 rings (SSSR count). The van der Waals surface area contributed by atoms with Gasteiger partial charge in [-0.3, -0.25) is 0 Å². The average molecular weight is 298 g/mol. The monoisotopic (exact) mass is 298 g/mol. The summed E-state index contributed by atoms with van der Waals surface area (Å²) in [4.78, 5) is 0.697. The third-order valence-corrected chi connectivity index (χ3v) is 5.21. The zero-order valence-corrected chi connectivity index (χ0v) is 12.6. The van der Waals surface area contributed by atoms with Crippen LogP contribution in [0.5, 0.6) is 0 Å². The second-order valence-corrected chi connectivity index (χ2v) is 6.59. The highest BCUT2D eigenvalue weighted by molar-refractivity contribution is 7.91. The smallest absolute Gasteiger partial charge is 0.207 e. The number of allylic oxidation sites excluding steroid dienone is 2. The molecule has 21 heavy (non-hydrogen) atoms. The van der Waals surface area contributed by atoms with E-state index in [1.807, 2.05) is 24.3 Å². The van der Waals surface area contributed by atoms with Gasteiger partial charge in [-0.15, -0.1) is 13.2 Å². The topological polar surface area (TPSA) is 34.1 Å². The number of sulfone groups is 1. The van der Waals surface area contributed by atoms with Crippen LogP contribution in [0.25, 0.3) is 0 Å². The second kappa shape index (κ2) is 6.55. The molecule has 0 heterocycles. The highest BCUT2D eigenvalue weighted by Crippen LogP contribution is 2.27. The molecule has 108 valence electrons. The molecule has 0 saturated heterocycles. The van der Waals surface area contributed by atoms with E-state index in [4.69, 9.17) is 0 Å². The summed E-state index contributed by atoms with van der Waals surface area (Å²) >= 11 is 0. The molecule has 0 atom stereocenters. The van der Waals surface area contributed by atoms with E-state index >= 15 is 0 Å². The molecule has 0 bridgehead atoms. The van der Waals surface area contributed by atoms with Crippen molar-refractivity contribution < 1.29 is 8.42 Å². The van der Waals surface area contributed by atoms with Gasteiger partial charge in [0.15, 0.2) is 0 Å². The third kappa shape index (κ3) is 3.14. The maximum absolute atomic E-state index is 13.0. The summed E-state index contributed by atoms with van der Waals surface area (Å²) in [6, 6.07) is 14.1. The molecular formula is C18H18O2S. The summed E-state index contributed by atoms with van der Waals surface area (Å²) in [7, 11) is -3.54. The van der Waals surface area contributed by atoms with Crippen LogP contribution in [0.4, 0.5) is 0 Å². The Morgan fingerprint density at radius 2 is 1.14 bits per heavy atom. The van der Waals surface area contributed by atoms with Gasteiger partial charge in [0.1, 0.15) is 0 Å². The summed E-state index contributed by atoms with van der Waals surface area (Å²) in [5, 5.41) is 0. The Balaban J connectivity index is 2.63. The Morgan fingerprint density at radius 3 is 1.52 bits per heavy atom. The van der Waals surface area contributed by atoms with Gasteiger partial charge in [-0.25, -0.2) is 8.42 Å². The summed E-state index contributed by atoms with van der Waals surface area (Å²) < 4.78 is 25.9. The summed E-state index contributed by atoms with van der Waals surface area (Å²) in [5.41, 5.74) is 1.53. The van der Waals surface area contributed by atoms with Crippen molar-refractivity contribution in [2.75, 3.05) is 0 Å². The van der Waals surface area contributed by atoms with Crippen LogP contribution in [0.1, 0.15) is 11.1 Å². The minimum atomic E-state index is -3.54. The van der Waals surface area contributed by atoms with Crippen molar-refractivity contribution in [3.63, 3.8) is 0 Å². The number of rotatable bonds is 6. The summed E-state index contributed by atoms with van der Waals surface area (Å²) in [6.07, 6.45) is 4.48. The minimum Gasteiger partial charge on any atom is -0.218 e.